The third-order valence-corrected chi connectivity index (χ3v) is 5.13. The quantitative estimate of drug-likeness (QED) is 0.644. The zero-order valence-corrected chi connectivity index (χ0v) is 17.1. The maximum absolute atomic E-state index is 13.2. The van der Waals surface area contributed by atoms with Gasteiger partial charge in [-0.1, -0.05) is 23.5 Å². The summed E-state index contributed by atoms with van der Waals surface area (Å²) in [6.07, 6.45) is 2.61. The molecule has 1 amide bonds. The van der Waals surface area contributed by atoms with Gasteiger partial charge >= 0.3 is 0 Å². The number of carbonyl (C=O) groups excluding carboxylic acids is 1. The van der Waals surface area contributed by atoms with E-state index in [1.807, 2.05) is 45.3 Å². The number of halogens is 1. The van der Waals surface area contributed by atoms with Crippen LogP contribution < -0.4 is 4.90 Å². The fraction of sp³-hybridized carbons (Fsp3) is 0.389. The molecule has 0 aliphatic heterocycles. The van der Waals surface area contributed by atoms with Crippen LogP contribution in [0, 0.1) is 6.92 Å². The molecule has 0 saturated heterocycles. The van der Waals surface area contributed by atoms with Gasteiger partial charge in [-0.3, -0.25) is 14.4 Å². The van der Waals surface area contributed by atoms with E-state index in [0.29, 0.717) is 12.2 Å². The van der Waals surface area contributed by atoms with Crippen molar-refractivity contribution in [2.24, 2.45) is 7.05 Å². The third-order valence-electron chi connectivity index (χ3n) is 4.07. The second-order valence-electron chi connectivity index (χ2n) is 6.38. The normalized spacial score (nSPS) is 11.0. The van der Waals surface area contributed by atoms with Gasteiger partial charge in [0.05, 0.1) is 16.4 Å². The minimum atomic E-state index is -0.0460. The number of para-hydroxylation sites is 1. The number of aryl methyl sites for hydroxylation is 2. The summed E-state index contributed by atoms with van der Waals surface area (Å²) in [5, 5.41) is 4.95. The lowest BCUT2D eigenvalue weighted by Crippen LogP contribution is -2.35. The predicted octanol–water partition coefficient (Wildman–Crippen LogP) is 3.36. The number of fused-ring (bicyclic) bond motifs is 1. The van der Waals surface area contributed by atoms with Gasteiger partial charge in [0.15, 0.2) is 5.13 Å². The fourth-order valence-corrected chi connectivity index (χ4v) is 3.78. The van der Waals surface area contributed by atoms with Crippen molar-refractivity contribution in [3.63, 3.8) is 0 Å². The maximum Gasteiger partial charge on any atom is 0.278 e. The molecule has 8 heteroatoms. The molecule has 0 aliphatic rings. The molecule has 0 fully saturated rings. The highest BCUT2D eigenvalue weighted by atomic mass is 35.5. The summed E-state index contributed by atoms with van der Waals surface area (Å²) in [7, 11) is 5.88. The minimum Gasteiger partial charge on any atom is -0.309 e. The molecule has 26 heavy (non-hydrogen) atoms. The van der Waals surface area contributed by atoms with Gasteiger partial charge in [-0.2, -0.15) is 5.10 Å². The first-order valence-corrected chi connectivity index (χ1v) is 9.10. The summed E-state index contributed by atoms with van der Waals surface area (Å²) < 4.78 is 2.73. The van der Waals surface area contributed by atoms with Crippen LogP contribution in [0.5, 0.6) is 0 Å². The van der Waals surface area contributed by atoms with Crippen LogP contribution >= 0.6 is 23.7 Å². The molecule has 0 unspecified atom stereocenters. The van der Waals surface area contributed by atoms with Crippen molar-refractivity contribution in [3.05, 3.63) is 41.7 Å². The van der Waals surface area contributed by atoms with Crippen molar-refractivity contribution in [2.45, 2.75) is 13.3 Å². The van der Waals surface area contributed by atoms with Crippen LogP contribution in [0.2, 0.25) is 0 Å². The zero-order valence-electron chi connectivity index (χ0n) is 15.5. The minimum absolute atomic E-state index is 0. The molecule has 140 valence electrons. The highest BCUT2D eigenvalue weighted by Crippen LogP contribution is 2.30. The Bertz CT molecular complexity index is 836. The molecule has 1 aromatic carbocycles. The SMILES string of the molecule is Cc1cnn(C)c1C(=O)N(CCCN(C)C)c1nc2ccccc2s1.Cl. The van der Waals surface area contributed by atoms with Gasteiger partial charge in [-0.15, -0.1) is 12.4 Å². The van der Waals surface area contributed by atoms with Gasteiger partial charge in [-0.05, 0) is 51.7 Å². The van der Waals surface area contributed by atoms with E-state index in [9.17, 15) is 4.79 Å². The number of hydrogen-bond acceptors (Lipinski definition) is 5. The molecule has 2 aromatic heterocycles. The van der Waals surface area contributed by atoms with Crippen LogP contribution in [0.4, 0.5) is 5.13 Å². The number of aromatic nitrogens is 3. The van der Waals surface area contributed by atoms with Gasteiger partial charge in [0, 0.05) is 13.6 Å². The summed E-state index contributed by atoms with van der Waals surface area (Å²) >= 11 is 1.55. The Labute approximate surface area is 163 Å². The first kappa shape index (κ1) is 20.4. The van der Waals surface area contributed by atoms with E-state index in [1.165, 1.54) is 0 Å². The summed E-state index contributed by atoms with van der Waals surface area (Å²) in [5.41, 5.74) is 2.42. The van der Waals surface area contributed by atoms with Crippen LogP contribution in [0.25, 0.3) is 10.2 Å². The lowest BCUT2D eigenvalue weighted by molar-refractivity contribution is 0.0976. The van der Waals surface area contributed by atoms with Gasteiger partial charge in [-0.25, -0.2) is 4.98 Å². The van der Waals surface area contributed by atoms with E-state index in [1.54, 1.807) is 34.2 Å². The van der Waals surface area contributed by atoms with Gasteiger partial charge in [0.2, 0.25) is 0 Å². The Kier molecular flexibility index (Phi) is 6.75. The largest absolute Gasteiger partial charge is 0.309 e. The summed E-state index contributed by atoms with van der Waals surface area (Å²) in [6.45, 7) is 3.46. The van der Waals surface area contributed by atoms with E-state index < -0.39 is 0 Å². The molecule has 0 spiro atoms. The fourth-order valence-electron chi connectivity index (χ4n) is 2.79. The van der Waals surface area contributed by atoms with Crippen LogP contribution in [0.15, 0.2) is 30.5 Å². The Hall–Kier alpha value is -1.96. The smallest absolute Gasteiger partial charge is 0.278 e. The number of rotatable bonds is 6. The van der Waals surface area contributed by atoms with E-state index in [4.69, 9.17) is 0 Å². The Morgan fingerprint density at radius 2 is 1.96 bits per heavy atom. The molecule has 3 rings (SSSR count). The predicted molar refractivity (Wildman–Crippen MR) is 110 cm³/mol. The first-order chi connectivity index (χ1) is 12.0. The number of thiazole rings is 1. The van der Waals surface area contributed by atoms with Crippen LogP contribution in [-0.2, 0) is 7.05 Å². The number of amides is 1. The van der Waals surface area contributed by atoms with Crippen molar-refractivity contribution in [2.75, 3.05) is 32.1 Å². The maximum atomic E-state index is 13.2. The topological polar surface area (TPSA) is 54.3 Å². The highest BCUT2D eigenvalue weighted by Gasteiger charge is 2.25. The van der Waals surface area contributed by atoms with Crippen molar-refractivity contribution < 1.29 is 4.79 Å². The molecule has 6 nitrogen and oxygen atoms in total. The third kappa shape index (κ3) is 4.23. The Morgan fingerprint density at radius 3 is 2.58 bits per heavy atom. The molecule has 0 radical (unpaired) electrons. The molecule has 3 aromatic rings. The van der Waals surface area contributed by atoms with Crippen LogP contribution in [0.1, 0.15) is 22.5 Å². The van der Waals surface area contributed by atoms with Crippen molar-refractivity contribution in [3.8, 4) is 0 Å². The number of anilines is 1. The Morgan fingerprint density at radius 1 is 1.23 bits per heavy atom. The lowest BCUT2D eigenvalue weighted by Gasteiger charge is -2.21. The first-order valence-electron chi connectivity index (χ1n) is 8.28. The van der Waals surface area contributed by atoms with Gasteiger partial charge in [0.25, 0.3) is 5.91 Å². The lowest BCUT2D eigenvalue weighted by atomic mass is 10.2. The van der Waals surface area contributed by atoms with Gasteiger partial charge < -0.3 is 4.90 Å². The van der Waals surface area contributed by atoms with Crippen LogP contribution in [-0.4, -0.2) is 52.8 Å². The van der Waals surface area contributed by atoms with Crippen molar-refractivity contribution in [1.82, 2.24) is 19.7 Å². The molecular formula is C18H24ClN5OS. The molecule has 0 bridgehead atoms. The van der Waals surface area contributed by atoms with Crippen LogP contribution in [0.3, 0.4) is 0 Å². The molecule has 2 heterocycles. The number of benzene rings is 1. The highest BCUT2D eigenvalue weighted by molar-refractivity contribution is 7.22. The molecule has 0 aliphatic carbocycles. The van der Waals surface area contributed by atoms with Gasteiger partial charge in [0.1, 0.15) is 5.69 Å². The monoisotopic (exact) mass is 393 g/mol. The van der Waals surface area contributed by atoms with E-state index in [-0.39, 0.29) is 18.3 Å². The summed E-state index contributed by atoms with van der Waals surface area (Å²) in [5.74, 6) is -0.0460. The average Bonchev–Trinajstić information content (AvgIpc) is 3.14. The van der Waals surface area contributed by atoms with Crippen molar-refractivity contribution >= 4 is 45.0 Å². The Balaban J connectivity index is 0.00000243. The average molecular weight is 394 g/mol. The van der Waals surface area contributed by atoms with E-state index in [0.717, 1.165) is 33.9 Å². The zero-order chi connectivity index (χ0) is 18.0. The molecular weight excluding hydrogens is 370 g/mol. The summed E-state index contributed by atoms with van der Waals surface area (Å²) in [6, 6.07) is 7.98. The molecule has 0 atom stereocenters. The number of carbonyl (C=O) groups is 1. The number of nitrogens with zero attached hydrogens (tertiary/aromatic N) is 5. The van der Waals surface area contributed by atoms with Crippen molar-refractivity contribution in [1.29, 1.82) is 0 Å². The second-order valence-corrected chi connectivity index (χ2v) is 7.39. The summed E-state index contributed by atoms with van der Waals surface area (Å²) in [4.78, 5) is 21.8. The second kappa shape index (κ2) is 8.62. The molecule has 0 saturated carbocycles. The number of hydrogen-bond donors (Lipinski definition) is 0. The molecule has 0 N–H and O–H groups in total. The van der Waals surface area contributed by atoms with E-state index >= 15 is 0 Å². The van der Waals surface area contributed by atoms with E-state index in [2.05, 4.69) is 15.0 Å². The standard InChI is InChI=1S/C18H23N5OS.ClH/c1-13-12-19-22(4)16(13)17(24)23(11-7-10-21(2)3)18-20-14-8-5-6-9-15(14)25-18;/h5-6,8-9,12H,7,10-11H2,1-4H3;1H.